The zero-order valence-corrected chi connectivity index (χ0v) is 9.54. The molecule has 0 bridgehead atoms. The van der Waals surface area contributed by atoms with Gasteiger partial charge in [0.25, 0.3) is 0 Å². The molecule has 4 N–H and O–H groups in total. The predicted molar refractivity (Wildman–Crippen MR) is 62.0 cm³/mol. The molecular weight excluding hydrogens is 222 g/mol. The van der Waals surface area contributed by atoms with E-state index in [0.29, 0.717) is 24.5 Å². The molecule has 0 radical (unpaired) electrons. The molecule has 0 spiro atoms. The van der Waals surface area contributed by atoms with Gasteiger partial charge in [-0.25, -0.2) is 9.97 Å². The summed E-state index contributed by atoms with van der Waals surface area (Å²) in [5.41, 5.74) is 5.03. The van der Waals surface area contributed by atoms with Crippen molar-refractivity contribution in [3.05, 3.63) is 18.1 Å². The number of oxime groups is 1. The van der Waals surface area contributed by atoms with Crippen LogP contribution in [0.5, 0.6) is 0 Å². The fourth-order valence-electron chi connectivity index (χ4n) is 1.81. The van der Waals surface area contributed by atoms with Crippen molar-refractivity contribution in [1.29, 1.82) is 0 Å². The number of β-amino-alcohol motifs (C(OH)–C–C–N with tert-alkyl or cyclic N) is 1. The van der Waals surface area contributed by atoms with Gasteiger partial charge in [0.05, 0.1) is 18.0 Å². The van der Waals surface area contributed by atoms with Gasteiger partial charge in [-0.15, -0.1) is 0 Å². The number of nitrogens with two attached hydrogens (primary N) is 1. The number of hydrogen-bond donors (Lipinski definition) is 3. The lowest BCUT2D eigenvalue weighted by Gasteiger charge is -2.19. The third kappa shape index (κ3) is 2.44. The maximum atomic E-state index is 9.85. The molecular formula is C10H15N5O2. The van der Waals surface area contributed by atoms with Crippen molar-refractivity contribution in [3.63, 3.8) is 0 Å². The molecule has 92 valence electrons. The number of aliphatic hydroxyl groups is 1. The highest BCUT2D eigenvalue weighted by Gasteiger charge is 2.32. The number of rotatable bonds is 2. The molecule has 0 aliphatic carbocycles. The second kappa shape index (κ2) is 4.17. The normalized spacial score (nSPS) is 25.3. The molecule has 2 rings (SSSR count). The lowest BCUT2D eigenvalue weighted by atomic mass is 10.1. The number of anilines is 1. The summed E-state index contributed by atoms with van der Waals surface area (Å²) >= 11 is 0. The number of hydrogen-bond acceptors (Lipinski definition) is 6. The van der Waals surface area contributed by atoms with Crippen LogP contribution in [0.4, 0.5) is 5.82 Å². The van der Waals surface area contributed by atoms with Gasteiger partial charge in [-0.05, 0) is 13.3 Å². The summed E-state index contributed by atoms with van der Waals surface area (Å²) in [6.45, 7) is 3.07. The minimum atomic E-state index is -0.675. The predicted octanol–water partition coefficient (Wildman–Crippen LogP) is -0.468. The van der Waals surface area contributed by atoms with Crippen LogP contribution < -0.4 is 10.6 Å². The van der Waals surface area contributed by atoms with Crippen molar-refractivity contribution in [2.24, 2.45) is 10.9 Å². The van der Waals surface area contributed by atoms with Gasteiger partial charge in [-0.1, -0.05) is 5.16 Å². The lowest BCUT2D eigenvalue weighted by Crippen LogP contribution is -2.30. The molecule has 1 aliphatic heterocycles. The van der Waals surface area contributed by atoms with Gasteiger partial charge in [-0.2, -0.15) is 0 Å². The summed E-state index contributed by atoms with van der Waals surface area (Å²) in [4.78, 5) is 10.2. The van der Waals surface area contributed by atoms with Crippen LogP contribution in [0, 0.1) is 0 Å². The Morgan fingerprint density at radius 2 is 2.29 bits per heavy atom. The monoisotopic (exact) mass is 237 g/mol. The Hall–Kier alpha value is -1.89. The molecule has 0 saturated carbocycles. The molecule has 7 heteroatoms. The molecule has 1 saturated heterocycles. The van der Waals surface area contributed by atoms with Crippen molar-refractivity contribution in [3.8, 4) is 0 Å². The molecule has 1 aliphatic rings. The van der Waals surface area contributed by atoms with Crippen molar-refractivity contribution in [1.82, 2.24) is 9.97 Å². The first-order valence-electron chi connectivity index (χ1n) is 5.29. The average molecular weight is 237 g/mol. The zero-order valence-electron chi connectivity index (χ0n) is 9.54. The second-order valence-corrected chi connectivity index (χ2v) is 4.41. The molecule has 1 unspecified atom stereocenters. The van der Waals surface area contributed by atoms with Gasteiger partial charge in [0, 0.05) is 13.1 Å². The van der Waals surface area contributed by atoms with E-state index in [9.17, 15) is 5.11 Å². The molecule has 17 heavy (non-hydrogen) atoms. The highest BCUT2D eigenvalue weighted by molar-refractivity contribution is 5.94. The van der Waals surface area contributed by atoms with Crippen LogP contribution in [0.3, 0.4) is 0 Å². The molecule has 7 nitrogen and oxygen atoms in total. The fourth-order valence-corrected chi connectivity index (χ4v) is 1.81. The Kier molecular flexibility index (Phi) is 2.84. The van der Waals surface area contributed by atoms with Crippen molar-refractivity contribution in [2.75, 3.05) is 18.0 Å². The highest BCUT2D eigenvalue weighted by Crippen LogP contribution is 2.24. The van der Waals surface area contributed by atoms with E-state index in [1.807, 2.05) is 4.90 Å². The summed E-state index contributed by atoms with van der Waals surface area (Å²) in [6, 6.07) is 0. The number of aromatic nitrogens is 2. The van der Waals surface area contributed by atoms with E-state index < -0.39 is 5.60 Å². The number of amidine groups is 1. The van der Waals surface area contributed by atoms with E-state index in [1.165, 1.54) is 6.20 Å². The quantitative estimate of drug-likeness (QED) is 0.278. The first-order valence-corrected chi connectivity index (χ1v) is 5.29. The third-order valence-corrected chi connectivity index (χ3v) is 2.78. The fraction of sp³-hybridized carbons (Fsp3) is 0.500. The van der Waals surface area contributed by atoms with Gasteiger partial charge in [0.15, 0.2) is 5.84 Å². The van der Waals surface area contributed by atoms with E-state index in [0.717, 1.165) is 6.54 Å². The van der Waals surface area contributed by atoms with Crippen LogP contribution in [-0.4, -0.2) is 44.8 Å². The van der Waals surface area contributed by atoms with Crippen LogP contribution in [0.2, 0.25) is 0 Å². The van der Waals surface area contributed by atoms with Gasteiger partial charge >= 0.3 is 0 Å². The summed E-state index contributed by atoms with van der Waals surface area (Å²) in [5, 5.41) is 21.2. The largest absolute Gasteiger partial charge is 0.409 e. The van der Waals surface area contributed by atoms with Crippen LogP contribution in [-0.2, 0) is 0 Å². The third-order valence-electron chi connectivity index (χ3n) is 2.78. The van der Waals surface area contributed by atoms with E-state index in [-0.39, 0.29) is 5.84 Å². The Labute approximate surface area is 98.6 Å². The number of nitrogens with zero attached hydrogens (tertiary/aromatic N) is 4. The minimum Gasteiger partial charge on any atom is -0.409 e. The molecule has 1 fully saturated rings. The summed E-state index contributed by atoms with van der Waals surface area (Å²) in [6.07, 6.45) is 3.70. The Morgan fingerprint density at radius 3 is 2.76 bits per heavy atom. The van der Waals surface area contributed by atoms with Gasteiger partial charge in [0.2, 0.25) is 0 Å². The SMILES string of the molecule is CC1(O)CCN(c2cnc(C(N)=NO)cn2)C1. The smallest absolute Gasteiger partial charge is 0.190 e. The van der Waals surface area contributed by atoms with Crippen molar-refractivity contribution < 1.29 is 10.3 Å². The molecule has 1 aromatic heterocycles. The Morgan fingerprint density at radius 1 is 1.53 bits per heavy atom. The summed E-state index contributed by atoms with van der Waals surface area (Å²) in [7, 11) is 0. The van der Waals surface area contributed by atoms with E-state index in [4.69, 9.17) is 10.9 Å². The maximum absolute atomic E-state index is 9.85. The summed E-state index contributed by atoms with van der Waals surface area (Å²) < 4.78 is 0. The molecule has 0 amide bonds. The van der Waals surface area contributed by atoms with E-state index in [1.54, 1.807) is 13.1 Å². The average Bonchev–Trinajstić information content (AvgIpc) is 2.69. The molecule has 0 aromatic carbocycles. The first kappa shape index (κ1) is 11.6. The zero-order chi connectivity index (χ0) is 12.5. The van der Waals surface area contributed by atoms with Crippen molar-refractivity contribution in [2.45, 2.75) is 18.9 Å². The highest BCUT2D eigenvalue weighted by atomic mass is 16.4. The van der Waals surface area contributed by atoms with Crippen molar-refractivity contribution >= 4 is 11.7 Å². The summed E-state index contributed by atoms with van der Waals surface area (Å²) in [5.74, 6) is 0.606. The molecule has 1 atom stereocenters. The second-order valence-electron chi connectivity index (χ2n) is 4.41. The Bertz CT molecular complexity index is 429. The van der Waals surface area contributed by atoms with Crippen LogP contribution in [0.15, 0.2) is 17.5 Å². The van der Waals surface area contributed by atoms with E-state index >= 15 is 0 Å². The topological polar surface area (TPSA) is 108 Å². The van der Waals surface area contributed by atoms with Gasteiger partial charge < -0.3 is 20.9 Å². The lowest BCUT2D eigenvalue weighted by molar-refractivity contribution is 0.0839. The van der Waals surface area contributed by atoms with E-state index in [2.05, 4.69) is 15.1 Å². The molecule has 1 aromatic rings. The van der Waals surface area contributed by atoms with Gasteiger partial charge in [-0.3, -0.25) is 0 Å². The van der Waals surface area contributed by atoms with Crippen LogP contribution >= 0.6 is 0 Å². The van der Waals surface area contributed by atoms with Crippen LogP contribution in [0.25, 0.3) is 0 Å². The van der Waals surface area contributed by atoms with Crippen LogP contribution in [0.1, 0.15) is 19.0 Å². The van der Waals surface area contributed by atoms with Gasteiger partial charge in [0.1, 0.15) is 11.5 Å². The molecule has 2 heterocycles. The first-order chi connectivity index (χ1) is 8.02. The Balaban J connectivity index is 2.14. The maximum Gasteiger partial charge on any atom is 0.190 e. The minimum absolute atomic E-state index is 0.0718. The standard InChI is InChI=1S/C10H15N5O2/c1-10(16)2-3-15(6-10)8-5-12-7(4-13-8)9(11)14-17/h4-5,16-17H,2-3,6H2,1H3,(H2,11,14).